The molecular weight excluding hydrogens is 572 g/mol. The first kappa shape index (κ1) is 27.5. The molecule has 0 unspecified atom stereocenters. The van der Waals surface area contributed by atoms with Crippen LogP contribution < -0.4 is 25.1 Å². The smallest absolute Gasteiger partial charge is 0.311 e. The minimum absolute atomic E-state index is 0.112. The van der Waals surface area contributed by atoms with E-state index in [4.69, 9.17) is 14.6 Å². The standard InChI is InChI=1S/C30H22N6O6S/c1-41-22-11-8-18(9-12-22)14-23-28(37)31-30-35(32-23)29(38)26(43-30)16-20-17-34(21-6-4-3-5-7-21)33-27(20)19-10-13-25(42-2)24(15-19)36(39)40/h3-13,15-17H,14H2,1-2H3. The van der Waals surface area contributed by atoms with Crippen molar-refractivity contribution >= 4 is 28.1 Å². The normalized spacial score (nSPS) is 11.6. The lowest BCUT2D eigenvalue weighted by Crippen LogP contribution is -2.28. The van der Waals surface area contributed by atoms with Crippen LogP contribution >= 0.6 is 11.3 Å². The van der Waals surface area contributed by atoms with Gasteiger partial charge in [-0.05, 0) is 48.0 Å². The fourth-order valence-corrected chi connectivity index (χ4v) is 5.44. The Labute approximate surface area is 246 Å². The molecule has 0 radical (unpaired) electrons. The van der Waals surface area contributed by atoms with Crippen LogP contribution in [0, 0.1) is 10.1 Å². The number of ether oxygens (including phenoxy) is 2. The quantitative estimate of drug-likeness (QED) is 0.191. The molecule has 3 aromatic carbocycles. The zero-order chi connectivity index (χ0) is 30.1. The van der Waals surface area contributed by atoms with Gasteiger partial charge in [-0.3, -0.25) is 19.7 Å². The third-order valence-electron chi connectivity index (χ3n) is 6.68. The Morgan fingerprint density at radius 1 is 0.977 bits per heavy atom. The van der Waals surface area contributed by atoms with Crippen LogP contribution in [-0.2, 0) is 6.42 Å². The zero-order valence-electron chi connectivity index (χ0n) is 22.8. The first-order valence-electron chi connectivity index (χ1n) is 12.9. The van der Waals surface area contributed by atoms with E-state index >= 15 is 0 Å². The highest BCUT2D eigenvalue weighted by Crippen LogP contribution is 2.33. The number of rotatable bonds is 8. The molecule has 214 valence electrons. The number of fused-ring (bicyclic) bond motifs is 1. The summed E-state index contributed by atoms with van der Waals surface area (Å²) in [4.78, 5) is 41.7. The predicted octanol–water partition coefficient (Wildman–Crippen LogP) is 3.43. The van der Waals surface area contributed by atoms with E-state index in [1.54, 1.807) is 42.3 Å². The molecule has 6 rings (SSSR count). The third kappa shape index (κ3) is 5.36. The number of benzene rings is 3. The fourth-order valence-electron chi connectivity index (χ4n) is 4.54. The molecule has 0 aliphatic rings. The summed E-state index contributed by atoms with van der Waals surface area (Å²) in [6, 6.07) is 21.0. The van der Waals surface area contributed by atoms with E-state index in [0.717, 1.165) is 27.1 Å². The molecule has 0 atom stereocenters. The molecule has 0 amide bonds. The number of para-hydroxylation sites is 1. The second-order valence-corrected chi connectivity index (χ2v) is 10.4. The van der Waals surface area contributed by atoms with Gasteiger partial charge in [0.15, 0.2) is 5.75 Å². The predicted molar refractivity (Wildman–Crippen MR) is 160 cm³/mol. The van der Waals surface area contributed by atoms with Crippen molar-refractivity contribution < 1.29 is 14.4 Å². The Morgan fingerprint density at radius 3 is 2.44 bits per heavy atom. The number of aromatic nitrogens is 5. The summed E-state index contributed by atoms with van der Waals surface area (Å²) >= 11 is 1.02. The first-order chi connectivity index (χ1) is 20.8. The second-order valence-electron chi connectivity index (χ2n) is 9.36. The molecule has 0 saturated heterocycles. The average molecular weight is 595 g/mol. The molecule has 13 heteroatoms. The molecule has 0 fully saturated rings. The minimum atomic E-state index is -0.528. The van der Waals surface area contributed by atoms with Crippen molar-refractivity contribution in [2.45, 2.75) is 6.42 Å². The van der Waals surface area contributed by atoms with Crippen LogP contribution in [0.5, 0.6) is 11.5 Å². The van der Waals surface area contributed by atoms with E-state index in [1.165, 1.54) is 19.2 Å². The van der Waals surface area contributed by atoms with Crippen LogP contribution in [0.25, 0.3) is 28.0 Å². The van der Waals surface area contributed by atoms with Gasteiger partial charge < -0.3 is 9.47 Å². The molecular formula is C30H22N6O6S. The lowest BCUT2D eigenvalue weighted by atomic mass is 10.1. The maximum Gasteiger partial charge on any atom is 0.311 e. The molecule has 0 spiro atoms. The number of thiazole rings is 1. The molecule has 43 heavy (non-hydrogen) atoms. The highest BCUT2D eigenvalue weighted by Gasteiger charge is 2.20. The molecule has 0 aliphatic carbocycles. The van der Waals surface area contributed by atoms with Crippen molar-refractivity contribution in [1.29, 1.82) is 0 Å². The maximum atomic E-state index is 13.5. The largest absolute Gasteiger partial charge is 0.497 e. The van der Waals surface area contributed by atoms with Crippen molar-refractivity contribution in [2.75, 3.05) is 14.2 Å². The number of nitro benzene ring substituents is 1. The number of methoxy groups -OCH3 is 2. The summed E-state index contributed by atoms with van der Waals surface area (Å²) in [6.45, 7) is 0. The Kier molecular flexibility index (Phi) is 7.22. The molecule has 3 aromatic heterocycles. The zero-order valence-corrected chi connectivity index (χ0v) is 23.6. The topological polar surface area (TPSA) is 144 Å². The fraction of sp³-hybridized carbons (Fsp3) is 0.100. The van der Waals surface area contributed by atoms with Gasteiger partial charge in [0.1, 0.15) is 17.1 Å². The van der Waals surface area contributed by atoms with E-state index in [2.05, 4.69) is 10.1 Å². The lowest BCUT2D eigenvalue weighted by molar-refractivity contribution is -0.385. The van der Waals surface area contributed by atoms with E-state index in [9.17, 15) is 19.7 Å². The Hall–Kier alpha value is -5.69. The number of nitro groups is 1. The monoisotopic (exact) mass is 594 g/mol. The summed E-state index contributed by atoms with van der Waals surface area (Å²) < 4.78 is 13.3. The summed E-state index contributed by atoms with van der Waals surface area (Å²) in [5.41, 5.74) is 1.88. The molecule has 0 saturated carbocycles. The van der Waals surface area contributed by atoms with Crippen molar-refractivity contribution in [3.8, 4) is 28.4 Å². The molecule has 12 nitrogen and oxygen atoms in total. The van der Waals surface area contributed by atoms with Gasteiger partial charge in [0, 0.05) is 29.8 Å². The number of hydrogen-bond acceptors (Lipinski definition) is 10. The summed E-state index contributed by atoms with van der Waals surface area (Å²) in [5, 5.41) is 20.8. The van der Waals surface area contributed by atoms with Gasteiger partial charge in [-0.2, -0.15) is 19.7 Å². The number of hydrogen-bond donors (Lipinski definition) is 0. The molecule has 3 heterocycles. The Balaban J connectivity index is 1.48. The van der Waals surface area contributed by atoms with Crippen LogP contribution in [-0.4, -0.2) is 43.5 Å². The van der Waals surface area contributed by atoms with Crippen LogP contribution in [0.2, 0.25) is 0 Å². The molecule has 0 aliphatic heterocycles. The minimum Gasteiger partial charge on any atom is -0.497 e. The molecule has 6 aromatic rings. The van der Waals surface area contributed by atoms with E-state index < -0.39 is 16.0 Å². The van der Waals surface area contributed by atoms with Crippen LogP contribution in [0.4, 0.5) is 5.69 Å². The van der Waals surface area contributed by atoms with Gasteiger partial charge in [-0.15, -0.1) is 0 Å². The van der Waals surface area contributed by atoms with Crippen LogP contribution in [0.3, 0.4) is 0 Å². The summed E-state index contributed by atoms with van der Waals surface area (Å²) in [7, 11) is 2.93. The van der Waals surface area contributed by atoms with Gasteiger partial charge in [0.2, 0.25) is 4.96 Å². The SMILES string of the molecule is COc1ccc(Cc2nn3c(=O)c(=Cc4cn(-c5ccccc5)nc4-c4ccc(OC)c([N+](=O)[O-])c4)sc3nc2=O)cc1. The first-order valence-corrected chi connectivity index (χ1v) is 13.7. The van der Waals surface area contributed by atoms with E-state index in [-0.39, 0.29) is 33.0 Å². The highest BCUT2D eigenvalue weighted by molar-refractivity contribution is 7.15. The van der Waals surface area contributed by atoms with Crippen molar-refractivity contribution in [2.24, 2.45) is 0 Å². The highest BCUT2D eigenvalue weighted by atomic mass is 32.1. The van der Waals surface area contributed by atoms with Crippen molar-refractivity contribution in [1.82, 2.24) is 24.4 Å². The van der Waals surface area contributed by atoms with E-state index in [0.29, 0.717) is 22.6 Å². The van der Waals surface area contributed by atoms with Gasteiger partial charge in [0.25, 0.3) is 11.1 Å². The second kappa shape index (κ2) is 11.3. The van der Waals surface area contributed by atoms with Gasteiger partial charge >= 0.3 is 5.69 Å². The molecule has 0 bridgehead atoms. The van der Waals surface area contributed by atoms with Gasteiger partial charge in [0.05, 0.1) is 29.4 Å². The number of nitrogens with zero attached hydrogens (tertiary/aromatic N) is 6. The third-order valence-corrected chi connectivity index (χ3v) is 7.64. The Bertz CT molecular complexity index is 2160. The van der Waals surface area contributed by atoms with Crippen LogP contribution in [0.1, 0.15) is 16.8 Å². The summed E-state index contributed by atoms with van der Waals surface area (Å²) in [5.74, 6) is 0.793. The van der Waals surface area contributed by atoms with Crippen molar-refractivity contribution in [3.05, 3.63) is 131 Å². The van der Waals surface area contributed by atoms with E-state index in [1.807, 2.05) is 42.5 Å². The maximum absolute atomic E-state index is 13.5. The Morgan fingerprint density at radius 2 is 1.74 bits per heavy atom. The average Bonchev–Trinajstić information content (AvgIpc) is 3.58. The molecule has 0 N–H and O–H groups in total. The summed E-state index contributed by atoms with van der Waals surface area (Å²) in [6.07, 6.45) is 3.54. The van der Waals surface area contributed by atoms with Gasteiger partial charge in [-0.1, -0.05) is 41.7 Å². The lowest BCUT2D eigenvalue weighted by Gasteiger charge is -2.04. The van der Waals surface area contributed by atoms with Crippen molar-refractivity contribution in [3.63, 3.8) is 0 Å². The van der Waals surface area contributed by atoms with Gasteiger partial charge in [-0.25, -0.2) is 4.68 Å². The van der Waals surface area contributed by atoms with Crippen LogP contribution in [0.15, 0.2) is 88.6 Å².